The van der Waals surface area contributed by atoms with Crippen LogP contribution in [-0.4, -0.2) is 6.03 Å². The largest absolute Gasteiger partial charge is 0.416 e. The number of nitrogens with one attached hydrogen (secondary N) is 2. The maximum Gasteiger partial charge on any atom is 0.416 e. The Labute approximate surface area is 132 Å². The second kappa shape index (κ2) is 6.32. The summed E-state index contributed by atoms with van der Waals surface area (Å²) in [5.74, 6) is 0. The maximum absolute atomic E-state index is 12.7. The van der Waals surface area contributed by atoms with E-state index in [9.17, 15) is 18.0 Å². The highest BCUT2D eigenvalue weighted by atomic mass is 19.4. The zero-order valence-corrected chi connectivity index (χ0v) is 13.0. The summed E-state index contributed by atoms with van der Waals surface area (Å²) in [6.07, 6.45) is -4.45. The molecule has 2 amide bonds. The van der Waals surface area contributed by atoms with Crippen molar-refractivity contribution in [1.29, 1.82) is 0 Å². The van der Waals surface area contributed by atoms with Gasteiger partial charge in [0.15, 0.2) is 0 Å². The highest BCUT2D eigenvalue weighted by Gasteiger charge is 2.30. The molecule has 2 N–H and O–H groups in total. The molecule has 0 unspecified atom stereocenters. The fraction of sp³-hybridized carbons (Fsp3) is 0.235. The molecule has 0 saturated heterocycles. The molecule has 2 rings (SSSR count). The molecule has 0 aliphatic heterocycles. The lowest BCUT2D eigenvalue weighted by Crippen LogP contribution is -2.20. The summed E-state index contributed by atoms with van der Waals surface area (Å²) in [5, 5.41) is 5.07. The van der Waals surface area contributed by atoms with Gasteiger partial charge in [-0.3, -0.25) is 0 Å². The molecular weight excluding hydrogens is 305 g/mol. The van der Waals surface area contributed by atoms with E-state index >= 15 is 0 Å². The Kier molecular flexibility index (Phi) is 4.63. The van der Waals surface area contributed by atoms with Gasteiger partial charge in [-0.05, 0) is 61.7 Å². The fourth-order valence-electron chi connectivity index (χ4n) is 2.15. The van der Waals surface area contributed by atoms with Crippen LogP contribution in [0.5, 0.6) is 0 Å². The van der Waals surface area contributed by atoms with E-state index in [0.717, 1.165) is 28.8 Å². The summed E-state index contributed by atoms with van der Waals surface area (Å²) >= 11 is 0. The van der Waals surface area contributed by atoms with Gasteiger partial charge in [-0.2, -0.15) is 13.2 Å². The third kappa shape index (κ3) is 4.25. The Hall–Kier alpha value is -2.50. The molecule has 0 aliphatic rings. The standard InChI is InChI=1S/C17H17F3N2O/c1-10-7-12(3)15(8-11(10)2)22-16(23)21-14-6-4-5-13(9-14)17(18,19)20/h4-9H,1-3H3,(H2,21,22,23). The first kappa shape index (κ1) is 16.9. The first-order chi connectivity index (χ1) is 10.7. The van der Waals surface area contributed by atoms with Crippen LogP contribution in [0.25, 0.3) is 0 Å². The number of hydrogen-bond donors (Lipinski definition) is 2. The number of halogens is 3. The van der Waals surface area contributed by atoms with Gasteiger partial charge in [-0.15, -0.1) is 0 Å². The van der Waals surface area contributed by atoms with Crippen molar-refractivity contribution in [2.75, 3.05) is 10.6 Å². The second-order valence-electron chi connectivity index (χ2n) is 5.41. The number of rotatable bonds is 2. The van der Waals surface area contributed by atoms with Crippen molar-refractivity contribution in [2.45, 2.75) is 26.9 Å². The monoisotopic (exact) mass is 322 g/mol. The van der Waals surface area contributed by atoms with Crippen molar-refractivity contribution in [3.63, 3.8) is 0 Å². The van der Waals surface area contributed by atoms with Gasteiger partial charge in [-0.25, -0.2) is 4.79 Å². The van der Waals surface area contributed by atoms with Crippen molar-refractivity contribution >= 4 is 17.4 Å². The first-order valence-electron chi connectivity index (χ1n) is 7.00. The van der Waals surface area contributed by atoms with Crippen molar-refractivity contribution in [2.24, 2.45) is 0 Å². The van der Waals surface area contributed by atoms with E-state index in [1.807, 2.05) is 32.9 Å². The van der Waals surface area contributed by atoms with E-state index in [0.29, 0.717) is 5.69 Å². The zero-order valence-electron chi connectivity index (χ0n) is 13.0. The number of carbonyl (C=O) groups is 1. The van der Waals surface area contributed by atoms with Crippen molar-refractivity contribution in [3.8, 4) is 0 Å². The molecule has 0 aromatic heterocycles. The molecule has 0 aliphatic carbocycles. The van der Waals surface area contributed by atoms with Gasteiger partial charge in [0, 0.05) is 11.4 Å². The summed E-state index contributed by atoms with van der Waals surface area (Å²) in [7, 11) is 0. The van der Waals surface area contributed by atoms with Crippen molar-refractivity contribution in [1.82, 2.24) is 0 Å². The number of alkyl halides is 3. The lowest BCUT2D eigenvalue weighted by Gasteiger charge is -2.13. The van der Waals surface area contributed by atoms with E-state index in [1.165, 1.54) is 12.1 Å². The molecule has 2 aromatic rings. The van der Waals surface area contributed by atoms with Crippen LogP contribution in [0.3, 0.4) is 0 Å². The molecule has 0 atom stereocenters. The number of anilines is 2. The molecule has 0 saturated carbocycles. The van der Waals surface area contributed by atoms with Crippen molar-refractivity contribution in [3.05, 3.63) is 58.7 Å². The van der Waals surface area contributed by atoms with E-state index in [2.05, 4.69) is 10.6 Å². The molecule has 0 bridgehead atoms. The zero-order chi connectivity index (χ0) is 17.2. The summed E-state index contributed by atoms with van der Waals surface area (Å²) in [4.78, 5) is 12.0. The van der Waals surface area contributed by atoms with E-state index in [1.54, 1.807) is 0 Å². The molecule has 0 fully saturated rings. The van der Waals surface area contributed by atoms with Crippen LogP contribution in [0.2, 0.25) is 0 Å². The van der Waals surface area contributed by atoms with Gasteiger partial charge >= 0.3 is 12.2 Å². The Balaban J connectivity index is 2.13. The highest BCUT2D eigenvalue weighted by molar-refractivity contribution is 6.00. The molecule has 0 spiro atoms. The average Bonchev–Trinajstić information content (AvgIpc) is 2.44. The Morgan fingerprint density at radius 3 is 2.22 bits per heavy atom. The van der Waals surface area contributed by atoms with Gasteiger partial charge in [0.1, 0.15) is 0 Å². The molecule has 3 nitrogen and oxygen atoms in total. The number of amides is 2. The quantitative estimate of drug-likeness (QED) is 0.776. The maximum atomic E-state index is 12.7. The normalized spacial score (nSPS) is 11.2. The first-order valence-corrected chi connectivity index (χ1v) is 7.00. The highest BCUT2D eigenvalue weighted by Crippen LogP contribution is 2.30. The van der Waals surface area contributed by atoms with Gasteiger partial charge in [0.25, 0.3) is 0 Å². The number of carbonyl (C=O) groups excluding carboxylic acids is 1. The minimum absolute atomic E-state index is 0.0822. The smallest absolute Gasteiger partial charge is 0.308 e. The molecule has 122 valence electrons. The number of aryl methyl sites for hydroxylation is 3. The van der Waals surface area contributed by atoms with Gasteiger partial charge in [-0.1, -0.05) is 12.1 Å². The molecule has 6 heteroatoms. The van der Waals surface area contributed by atoms with Gasteiger partial charge in [0.05, 0.1) is 5.56 Å². The molecule has 23 heavy (non-hydrogen) atoms. The molecule has 2 aromatic carbocycles. The lowest BCUT2D eigenvalue weighted by atomic mass is 10.1. The Bertz CT molecular complexity index is 739. The van der Waals surface area contributed by atoms with E-state index in [4.69, 9.17) is 0 Å². The van der Waals surface area contributed by atoms with Crippen molar-refractivity contribution < 1.29 is 18.0 Å². The van der Waals surface area contributed by atoms with Crippen LogP contribution in [-0.2, 0) is 6.18 Å². The van der Waals surface area contributed by atoms with E-state index in [-0.39, 0.29) is 5.69 Å². The van der Waals surface area contributed by atoms with E-state index < -0.39 is 17.8 Å². The van der Waals surface area contributed by atoms with Gasteiger partial charge < -0.3 is 10.6 Å². The summed E-state index contributed by atoms with van der Waals surface area (Å²) in [5.41, 5.74) is 2.90. The summed E-state index contributed by atoms with van der Waals surface area (Å²) in [6.45, 7) is 5.74. The SMILES string of the molecule is Cc1cc(C)c(NC(=O)Nc2cccc(C(F)(F)F)c2)cc1C. The minimum Gasteiger partial charge on any atom is -0.308 e. The lowest BCUT2D eigenvalue weighted by molar-refractivity contribution is -0.137. The average molecular weight is 322 g/mol. The van der Waals surface area contributed by atoms with Crippen LogP contribution in [0.1, 0.15) is 22.3 Å². The topological polar surface area (TPSA) is 41.1 Å². The van der Waals surface area contributed by atoms with Crippen LogP contribution in [0, 0.1) is 20.8 Å². The molecular formula is C17H17F3N2O. The summed E-state index contributed by atoms with van der Waals surface area (Å²) in [6, 6.07) is 7.69. The molecule has 0 radical (unpaired) electrons. The van der Waals surface area contributed by atoms with Crippen LogP contribution < -0.4 is 10.6 Å². The summed E-state index contributed by atoms with van der Waals surface area (Å²) < 4.78 is 38.0. The van der Waals surface area contributed by atoms with Gasteiger partial charge in [0.2, 0.25) is 0 Å². The van der Waals surface area contributed by atoms with Crippen LogP contribution >= 0.6 is 0 Å². The third-order valence-electron chi connectivity index (χ3n) is 3.54. The number of benzene rings is 2. The Morgan fingerprint density at radius 2 is 1.57 bits per heavy atom. The third-order valence-corrected chi connectivity index (χ3v) is 3.54. The minimum atomic E-state index is -4.45. The number of urea groups is 1. The van der Waals surface area contributed by atoms with Crippen LogP contribution in [0.4, 0.5) is 29.3 Å². The Morgan fingerprint density at radius 1 is 0.913 bits per heavy atom. The fourth-order valence-corrected chi connectivity index (χ4v) is 2.15. The predicted molar refractivity (Wildman–Crippen MR) is 84.7 cm³/mol. The number of hydrogen-bond acceptors (Lipinski definition) is 1. The molecule has 0 heterocycles. The second-order valence-corrected chi connectivity index (χ2v) is 5.41. The van der Waals surface area contributed by atoms with Crippen LogP contribution in [0.15, 0.2) is 36.4 Å². The predicted octanol–water partition coefficient (Wildman–Crippen LogP) is 5.27.